The third-order valence-electron chi connectivity index (χ3n) is 2.53. The maximum atomic E-state index is 13.5. The molecular weight excluding hydrogens is 297 g/mol. The normalized spacial score (nSPS) is 10.7. The number of benzene rings is 1. The fraction of sp³-hybridized carbons (Fsp3) is 0.214. The number of aromatic nitrogens is 1. The van der Waals surface area contributed by atoms with Gasteiger partial charge in [-0.3, -0.25) is 0 Å². The summed E-state index contributed by atoms with van der Waals surface area (Å²) >= 11 is 3.42. The molecule has 0 unspecified atom stereocenters. The molecule has 0 saturated heterocycles. The van der Waals surface area contributed by atoms with E-state index in [-0.39, 0.29) is 11.8 Å². The van der Waals surface area contributed by atoms with E-state index in [1.165, 1.54) is 18.3 Å². The zero-order valence-electron chi connectivity index (χ0n) is 10.2. The second-order valence-corrected chi connectivity index (χ2v) is 5.14. The first kappa shape index (κ1) is 13.0. The molecule has 2 aromatic rings. The van der Waals surface area contributed by atoms with Crippen molar-refractivity contribution in [3.8, 4) is 11.6 Å². The van der Waals surface area contributed by atoms with Crippen molar-refractivity contribution in [2.24, 2.45) is 0 Å². The van der Waals surface area contributed by atoms with E-state index in [1.54, 1.807) is 0 Å². The molecule has 0 aliphatic rings. The maximum absolute atomic E-state index is 13.5. The fourth-order valence-corrected chi connectivity index (χ4v) is 1.99. The van der Waals surface area contributed by atoms with Crippen LogP contribution >= 0.6 is 15.9 Å². The van der Waals surface area contributed by atoms with Crippen molar-refractivity contribution in [3.05, 3.63) is 52.4 Å². The monoisotopic (exact) mass is 309 g/mol. The predicted octanol–water partition coefficient (Wildman–Crippen LogP) is 4.90. The predicted molar refractivity (Wildman–Crippen MR) is 72.5 cm³/mol. The lowest BCUT2D eigenvalue weighted by Gasteiger charge is -2.13. The summed E-state index contributed by atoms with van der Waals surface area (Å²) in [6.45, 7) is 4.12. The van der Waals surface area contributed by atoms with Gasteiger partial charge in [0.1, 0.15) is 5.75 Å². The van der Waals surface area contributed by atoms with Gasteiger partial charge < -0.3 is 4.74 Å². The first-order valence-corrected chi connectivity index (χ1v) is 6.45. The van der Waals surface area contributed by atoms with E-state index in [0.717, 1.165) is 10.0 Å². The molecule has 2 rings (SSSR count). The largest absolute Gasteiger partial charge is 0.436 e. The van der Waals surface area contributed by atoms with Crippen LogP contribution in [0.3, 0.4) is 0 Å². The fourth-order valence-electron chi connectivity index (χ4n) is 1.61. The number of halogens is 2. The van der Waals surface area contributed by atoms with E-state index in [1.807, 2.05) is 18.2 Å². The highest BCUT2D eigenvalue weighted by Crippen LogP contribution is 2.32. The van der Waals surface area contributed by atoms with Gasteiger partial charge in [-0.05, 0) is 41.8 Å². The van der Waals surface area contributed by atoms with E-state index in [4.69, 9.17) is 4.74 Å². The molecule has 0 aliphatic carbocycles. The molecule has 0 radical (unpaired) electrons. The number of hydrogen-bond donors (Lipinski definition) is 0. The third-order valence-corrected chi connectivity index (χ3v) is 3.02. The van der Waals surface area contributed by atoms with Crippen molar-refractivity contribution in [1.82, 2.24) is 4.98 Å². The number of pyridine rings is 1. The molecule has 0 fully saturated rings. The minimum atomic E-state index is -0.463. The van der Waals surface area contributed by atoms with Crippen LogP contribution in [0.2, 0.25) is 0 Å². The molecule has 0 bridgehead atoms. The molecule has 0 aliphatic heterocycles. The van der Waals surface area contributed by atoms with Gasteiger partial charge in [-0.2, -0.15) is 0 Å². The van der Waals surface area contributed by atoms with Gasteiger partial charge in [-0.25, -0.2) is 9.37 Å². The summed E-state index contributed by atoms with van der Waals surface area (Å²) < 4.78 is 20.0. The smallest absolute Gasteiger partial charge is 0.255 e. The van der Waals surface area contributed by atoms with Gasteiger partial charge in [0.25, 0.3) is 5.88 Å². The first-order chi connectivity index (χ1) is 8.58. The Kier molecular flexibility index (Phi) is 3.97. The maximum Gasteiger partial charge on any atom is 0.255 e. The average Bonchev–Trinajstić information content (AvgIpc) is 2.34. The van der Waals surface area contributed by atoms with Crippen LogP contribution in [-0.4, -0.2) is 4.98 Å². The van der Waals surface area contributed by atoms with Crippen LogP contribution in [0.1, 0.15) is 25.3 Å². The van der Waals surface area contributed by atoms with E-state index >= 15 is 0 Å². The Morgan fingerprint density at radius 2 is 2.06 bits per heavy atom. The molecule has 1 aromatic heterocycles. The van der Waals surface area contributed by atoms with E-state index in [0.29, 0.717) is 5.75 Å². The summed E-state index contributed by atoms with van der Waals surface area (Å²) in [5, 5.41) is 0. The molecule has 0 saturated carbocycles. The topological polar surface area (TPSA) is 22.1 Å². The minimum absolute atomic E-state index is 0.00159. The first-order valence-electron chi connectivity index (χ1n) is 5.65. The molecule has 18 heavy (non-hydrogen) atoms. The van der Waals surface area contributed by atoms with Crippen LogP contribution in [0.25, 0.3) is 0 Å². The Balaban J connectivity index is 2.37. The van der Waals surface area contributed by atoms with Gasteiger partial charge in [0.2, 0.25) is 0 Å². The standard InChI is InChI=1S/C14H13BrFNO/c1-9(2)11-8-10(15)5-6-13(11)18-14-12(16)4-3-7-17-14/h3-9H,1-2H3. The van der Waals surface area contributed by atoms with Crippen LogP contribution in [0.15, 0.2) is 41.0 Å². The zero-order valence-corrected chi connectivity index (χ0v) is 11.7. The second-order valence-electron chi connectivity index (χ2n) is 4.23. The Bertz CT molecular complexity index is 557. The van der Waals surface area contributed by atoms with E-state index in [2.05, 4.69) is 34.8 Å². The van der Waals surface area contributed by atoms with Gasteiger partial charge in [0.05, 0.1) is 0 Å². The highest BCUT2D eigenvalue weighted by molar-refractivity contribution is 9.10. The molecule has 0 N–H and O–H groups in total. The van der Waals surface area contributed by atoms with Crippen molar-refractivity contribution in [1.29, 1.82) is 0 Å². The summed E-state index contributed by atoms with van der Waals surface area (Å²) in [6.07, 6.45) is 1.51. The highest BCUT2D eigenvalue weighted by Gasteiger charge is 2.12. The number of hydrogen-bond acceptors (Lipinski definition) is 2. The van der Waals surface area contributed by atoms with Crippen molar-refractivity contribution in [2.45, 2.75) is 19.8 Å². The average molecular weight is 310 g/mol. The third kappa shape index (κ3) is 2.88. The van der Waals surface area contributed by atoms with Crippen molar-refractivity contribution in [2.75, 3.05) is 0 Å². The number of ether oxygens (including phenoxy) is 1. The molecule has 1 aromatic carbocycles. The van der Waals surface area contributed by atoms with Gasteiger partial charge >= 0.3 is 0 Å². The van der Waals surface area contributed by atoms with Crippen LogP contribution in [-0.2, 0) is 0 Å². The summed E-state index contributed by atoms with van der Waals surface area (Å²) in [5.74, 6) is 0.451. The van der Waals surface area contributed by atoms with Gasteiger partial charge in [-0.1, -0.05) is 29.8 Å². The van der Waals surface area contributed by atoms with Crippen LogP contribution in [0.5, 0.6) is 11.6 Å². The van der Waals surface area contributed by atoms with E-state index < -0.39 is 5.82 Å². The van der Waals surface area contributed by atoms with E-state index in [9.17, 15) is 4.39 Å². The molecule has 1 heterocycles. The molecule has 4 heteroatoms. The Morgan fingerprint density at radius 1 is 1.28 bits per heavy atom. The Hall–Kier alpha value is -1.42. The molecule has 0 amide bonds. The Labute approximate surface area is 114 Å². The van der Waals surface area contributed by atoms with Crippen LogP contribution < -0.4 is 4.74 Å². The lowest BCUT2D eigenvalue weighted by atomic mass is 10.0. The lowest BCUT2D eigenvalue weighted by molar-refractivity contribution is 0.417. The lowest BCUT2D eigenvalue weighted by Crippen LogP contribution is -1.97. The van der Waals surface area contributed by atoms with Gasteiger partial charge in [0.15, 0.2) is 5.82 Å². The van der Waals surface area contributed by atoms with Crippen molar-refractivity contribution in [3.63, 3.8) is 0 Å². The van der Waals surface area contributed by atoms with Gasteiger partial charge in [-0.15, -0.1) is 0 Å². The number of rotatable bonds is 3. The van der Waals surface area contributed by atoms with Crippen molar-refractivity contribution >= 4 is 15.9 Å². The number of nitrogens with zero attached hydrogens (tertiary/aromatic N) is 1. The second kappa shape index (κ2) is 5.48. The van der Waals surface area contributed by atoms with Crippen LogP contribution in [0, 0.1) is 5.82 Å². The molecule has 2 nitrogen and oxygen atoms in total. The molecular formula is C14H13BrFNO. The zero-order chi connectivity index (χ0) is 13.1. The SMILES string of the molecule is CC(C)c1cc(Br)ccc1Oc1ncccc1F. The summed E-state index contributed by atoms with van der Waals surface area (Å²) in [4.78, 5) is 3.89. The molecule has 0 atom stereocenters. The molecule has 94 valence electrons. The van der Waals surface area contributed by atoms with Crippen LogP contribution in [0.4, 0.5) is 4.39 Å². The van der Waals surface area contributed by atoms with Crippen molar-refractivity contribution < 1.29 is 9.13 Å². The summed E-state index contributed by atoms with van der Waals surface area (Å²) in [6, 6.07) is 8.51. The highest BCUT2D eigenvalue weighted by atomic mass is 79.9. The summed E-state index contributed by atoms with van der Waals surface area (Å²) in [7, 11) is 0. The Morgan fingerprint density at radius 3 is 2.72 bits per heavy atom. The summed E-state index contributed by atoms with van der Waals surface area (Å²) in [5.41, 5.74) is 1.01. The van der Waals surface area contributed by atoms with Gasteiger partial charge in [0, 0.05) is 10.7 Å². The minimum Gasteiger partial charge on any atom is -0.436 e. The molecule has 0 spiro atoms. The quantitative estimate of drug-likeness (QED) is 0.804.